The quantitative estimate of drug-likeness (QED) is 0.413. The number of aromatic nitrogens is 6. The van der Waals surface area contributed by atoms with Crippen molar-refractivity contribution in [1.29, 1.82) is 0 Å². The lowest BCUT2D eigenvalue weighted by atomic mass is 10.1. The summed E-state index contributed by atoms with van der Waals surface area (Å²) in [5.41, 5.74) is 0.795. The van der Waals surface area contributed by atoms with Crippen molar-refractivity contribution < 1.29 is 27.2 Å². The van der Waals surface area contributed by atoms with Gasteiger partial charge in [0.15, 0.2) is 11.5 Å². The maximum Gasteiger partial charge on any atom is 0.393 e. The summed E-state index contributed by atoms with van der Waals surface area (Å²) in [7, 11) is 1.45. The number of carbonyl (C=O) groups excluding carboxylic acids is 2. The topological polar surface area (TPSA) is 128 Å². The molecule has 186 valence electrons. The fourth-order valence-electron chi connectivity index (χ4n) is 3.10. The van der Waals surface area contributed by atoms with Crippen LogP contribution in [-0.4, -0.2) is 61.4 Å². The smallest absolute Gasteiger partial charge is 0.354 e. The molecule has 3 aromatic heterocycles. The van der Waals surface area contributed by atoms with Crippen LogP contribution >= 0.6 is 0 Å². The molecule has 0 unspecified atom stereocenters. The number of halogens is 4. The number of amides is 2. The second kappa shape index (κ2) is 11.4. The van der Waals surface area contributed by atoms with Gasteiger partial charge in [0.1, 0.15) is 6.17 Å². The fraction of sp³-hybridized carbons (Fsp3) is 0.381. The molecule has 0 aliphatic heterocycles. The summed E-state index contributed by atoms with van der Waals surface area (Å²) in [6.07, 6.45) is -3.99. The molecule has 35 heavy (non-hydrogen) atoms. The Balaban J connectivity index is 1.45. The van der Waals surface area contributed by atoms with Gasteiger partial charge >= 0.3 is 6.18 Å². The summed E-state index contributed by atoms with van der Waals surface area (Å²) in [5, 5.41) is 20.1. The van der Waals surface area contributed by atoms with Crippen molar-refractivity contribution in [3.05, 3.63) is 59.3 Å². The van der Waals surface area contributed by atoms with E-state index < -0.39 is 30.6 Å². The lowest BCUT2D eigenvalue weighted by molar-refractivity contribution is -0.127. The second-order valence-electron chi connectivity index (χ2n) is 7.62. The summed E-state index contributed by atoms with van der Waals surface area (Å²) in [5.74, 6) is -0.789. The Morgan fingerprint density at radius 3 is 2.60 bits per heavy atom. The van der Waals surface area contributed by atoms with Gasteiger partial charge in [-0.15, -0.1) is 10.2 Å². The number of carbonyl (C=O) groups is 2. The first-order chi connectivity index (χ1) is 16.6. The van der Waals surface area contributed by atoms with Crippen LogP contribution in [0.15, 0.2) is 36.7 Å². The number of rotatable bonds is 10. The number of alkyl halides is 4. The van der Waals surface area contributed by atoms with Crippen molar-refractivity contribution in [2.75, 3.05) is 12.4 Å². The zero-order chi connectivity index (χ0) is 25.4. The highest BCUT2D eigenvalue weighted by Crippen LogP contribution is 2.21. The SMILES string of the molecule is CNC(=O)c1cn(C[C@@H](F)CCc2ccc(NC(=O)Cc3cc(CC(F)(F)F)ccn3)nn2)nn1. The van der Waals surface area contributed by atoms with Gasteiger partial charge in [0.2, 0.25) is 5.91 Å². The van der Waals surface area contributed by atoms with Crippen molar-refractivity contribution >= 4 is 17.6 Å². The molecule has 0 radical (unpaired) electrons. The minimum Gasteiger partial charge on any atom is -0.354 e. The van der Waals surface area contributed by atoms with E-state index in [1.54, 1.807) is 6.07 Å². The molecule has 2 N–H and O–H groups in total. The number of hydrogen-bond acceptors (Lipinski definition) is 7. The predicted molar refractivity (Wildman–Crippen MR) is 115 cm³/mol. The van der Waals surface area contributed by atoms with E-state index in [9.17, 15) is 27.2 Å². The van der Waals surface area contributed by atoms with Crippen LogP contribution in [0.3, 0.4) is 0 Å². The van der Waals surface area contributed by atoms with Gasteiger partial charge in [-0.2, -0.15) is 18.3 Å². The summed E-state index contributed by atoms with van der Waals surface area (Å²) < 4.78 is 53.1. The van der Waals surface area contributed by atoms with E-state index in [2.05, 4.69) is 36.1 Å². The molecular weight excluding hydrogens is 472 g/mol. The molecule has 2 amide bonds. The van der Waals surface area contributed by atoms with Crippen molar-refractivity contribution in [2.24, 2.45) is 0 Å². The molecule has 0 fully saturated rings. The molecule has 0 saturated carbocycles. The van der Waals surface area contributed by atoms with Crippen LogP contribution in [0.5, 0.6) is 0 Å². The maximum atomic E-state index is 14.3. The number of pyridine rings is 1. The monoisotopic (exact) mass is 494 g/mol. The van der Waals surface area contributed by atoms with Crippen LogP contribution in [0, 0.1) is 0 Å². The highest BCUT2D eigenvalue weighted by molar-refractivity contribution is 5.91. The van der Waals surface area contributed by atoms with Gasteiger partial charge in [-0.1, -0.05) is 5.21 Å². The van der Waals surface area contributed by atoms with Gasteiger partial charge in [0.25, 0.3) is 5.91 Å². The maximum absolute atomic E-state index is 14.3. The normalized spacial score (nSPS) is 12.3. The van der Waals surface area contributed by atoms with Gasteiger partial charge in [0, 0.05) is 18.9 Å². The molecule has 0 aliphatic carbocycles. The number of anilines is 1. The third-order valence-corrected chi connectivity index (χ3v) is 4.71. The average molecular weight is 494 g/mol. The van der Waals surface area contributed by atoms with Crippen molar-refractivity contribution in [3.8, 4) is 0 Å². The minimum absolute atomic E-state index is 0.0151. The highest BCUT2D eigenvalue weighted by atomic mass is 19.4. The van der Waals surface area contributed by atoms with E-state index in [1.807, 2.05) is 0 Å². The number of nitrogens with zero attached hydrogens (tertiary/aromatic N) is 6. The van der Waals surface area contributed by atoms with Crippen LogP contribution in [0.25, 0.3) is 0 Å². The zero-order valence-electron chi connectivity index (χ0n) is 18.6. The van der Waals surface area contributed by atoms with Crippen LogP contribution in [0.1, 0.15) is 33.9 Å². The molecule has 0 aromatic carbocycles. The molecule has 14 heteroatoms. The lowest BCUT2D eigenvalue weighted by Crippen LogP contribution is -2.18. The average Bonchev–Trinajstić information content (AvgIpc) is 3.25. The van der Waals surface area contributed by atoms with Gasteiger partial charge < -0.3 is 10.6 Å². The molecule has 3 rings (SSSR count). The van der Waals surface area contributed by atoms with Crippen LogP contribution in [-0.2, 0) is 30.6 Å². The van der Waals surface area contributed by atoms with E-state index >= 15 is 0 Å². The Labute approximate surface area is 197 Å². The summed E-state index contributed by atoms with van der Waals surface area (Å²) >= 11 is 0. The van der Waals surface area contributed by atoms with E-state index in [4.69, 9.17) is 0 Å². The fourth-order valence-corrected chi connectivity index (χ4v) is 3.10. The Kier molecular flexibility index (Phi) is 8.39. The van der Waals surface area contributed by atoms with Gasteiger partial charge in [-0.3, -0.25) is 14.6 Å². The highest BCUT2D eigenvalue weighted by Gasteiger charge is 2.27. The molecule has 0 saturated heterocycles. The first-order valence-electron chi connectivity index (χ1n) is 10.5. The zero-order valence-corrected chi connectivity index (χ0v) is 18.6. The number of aryl methyl sites for hydroxylation is 1. The first kappa shape index (κ1) is 25.6. The number of nitrogens with one attached hydrogen (secondary N) is 2. The number of hydrogen-bond donors (Lipinski definition) is 2. The van der Waals surface area contributed by atoms with Crippen molar-refractivity contribution in [2.45, 2.75) is 44.6 Å². The van der Waals surface area contributed by atoms with E-state index in [1.165, 1.54) is 42.3 Å². The van der Waals surface area contributed by atoms with E-state index in [-0.39, 0.29) is 48.6 Å². The standard InChI is InChI=1S/C21H22F4N8O2/c1-26-20(35)17-12-33(32-30-17)11-14(22)2-3-15-4-5-18(31-29-15)28-19(34)9-16-8-13(6-7-27-16)10-21(23,24)25/h4-8,12,14H,2-3,9-11H2,1H3,(H,26,35)(H,28,31,34)/t14-/m0/s1. The molecule has 0 aliphatic rings. The van der Waals surface area contributed by atoms with Gasteiger partial charge in [0.05, 0.1) is 31.3 Å². The Hall–Kier alpha value is -3.97. The molecular formula is C21H22F4N8O2. The molecule has 0 bridgehead atoms. The van der Waals surface area contributed by atoms with E-state index in [0.29, 0.717) is 5.69 Å². The third-order valence-electron chi connectivity index (χ3n) is 4.71. The van der Waals surface area contributed by atoms with Crippen molar-refractivity contribution in [3.63, 3.8) is 0 Å². The minimum atomic E-state index is -4.35. The second-order valence-corrected chi connectivity index (χ2v) is 7.62. The molecule has 3 aromatic rings. The van der Waals surface area contributed by atoms with Gasteiger partial charge in [-0.05, 0) is 42.7 Å². The van der Waals surface area contributed by atoms with Crippen molar-refractivity contribution in [1.82, 2.24) is 35.5 Å². The first-order valence-corrected chi connectivity index (χ1v) is 10.5. The predicted octanol–water partition coefficient (Wildman–Crippen LogP) is 2.08. The lowest BCUT2D eigenvalue weighted by Gasteiger charge is -2.09. The molecule has 10 nitrogen and oxygen atoms in total. The largest absolute Gasteiger partial charge is 0.393 e. The van der Waals surface area contributed by atoms with E-state index in [0.717, 1.165) is 0 Å². The Bertz CT molecular complexity index is 1150. The molecule has 0 spiro atoms. The summed E-state index contributed by atoms with van der Waals surface area (Å²) in [4.78, 5) is 27.6. The summed E-state index contributed by atoms with van der Waals surface area (Å²) in [6.45, 7) is -0.0796. The summed E-state index contributed by atoms with van der Waals surface area (Å²) in [6, 6.07) is 5.55. The molecule has 1 atom stereocenters. The third kappa shape index (κ3) is 8.39. The Morgan fingerprint density at radius 1 is 1.11 bits per heavy atom. The van der Waals surface area contributed by atoms with Crippen LogP contribution in [0.4, 0.5) is 23.4 Å². The van der Waals surface area contributed by atoms with Crippen LogP contribution in [0.2, 0.25) is 0 Å². The Morgan fingerprint density at radius 2 is 1.91 bits per heavy atom. The van der Waals surface area contributed by atoms with Crippen LogP contribution < -0.4 is 10.6 Å². The molecule has 3 heterocycles. The van der Waals surface area contributed by atoms with Gasteiger partial charge in [-0.25, -0.2) is 9.07 Å².